The van der Waals surface area contributed by atoms with Gasteiger partial charge in [0.25, 0.3) is 0 Å². The summed E-state index contributed by atoms with van der Waals surface area (Å²) in [6, 6.07) is 10.00. The first-order chi connectivity index (χ1) is 10.6. The molecule has 0 radical (unpaired) electrons. The Morgan fingerprint density at radius 3 is 2.86 bits per heavy atom. The SMILES string of the molecule is CSc1ccccc1NC(=O)CCN(C)Cc1csc(Br)c1. The minimum absolute atomic E-state index is 0.0554. The van der Waals surface area contributed by atoms with Crippen LogP contribution in [0, 0.1) is 0 Å². The molecule has 0 saturated carbocycles. The first kappa shape index (κ1) is 17.5. The quantitative estimate of drug-likeness (QED) is 0.686. The number of benzene rings is 1. The third kappa shape index (κ3) is 5.43. The Balaban J connectivity index is 1.79. The number of amides is 1. The lowest BCUT2D eigenvalue weighted by atomic mass is 10.3. The molecule has 6 heteroatoms. The van der Waals surface area contributed by atoms with Gasteiger partial charge in [0, 0.05) is 24.4 Å². The van der Waals surface area contributed by atoms with Crippen molar-refractivity contribution < 1.29 is 4.79 Å². The lowest BCUT2D eigenvalue weighted by Gasteiger charge is -2.16. The fraction of sp³-hybridized carbons (Fsp3) is 0.312. The van der Waals surface area contributed by atoms with E-state index in [0.29, 0.717) is 6.42 Å². The average molecular weight is 399 g/mol. The number of halogens is 1. The van der Waals surface area contributed by atoms with E-state index in [1.807, 2.05) is 37.6 Å². The molecule has 1 aromatic carbocycles. The van der Waals surface area contributed by atoms with Crippen molar-refractivity contribution in [3.8, 4) is 0 Å². The second kappa shape index (κ2) is 8.72. The molecular weight excluding hydrogens is 380 g/mol. The molecule has 1 heterocycles. The first-order valence-electron chi connectivity index (χ1n) is 6.93. The summed E-state index contributed by atoms with van der Waals surface area (Å²) in [7, 11) is 2.04. The molecule has 2 aromatic rings. The summed E-state index contributed by atoms with van der Waals surface area (Å²) in [6.45, 7) is 1.59. The highest BCUT2D eigenvalue weighted by atomic mass is 79.9. The van der Waals surface area contributed by atoms with Crippen molar-refractivity contribution in [2.45, 2.75) is 17.9 Å². The number of thioether (sulfide) groups is 1. The van der Waals surface area contributed by atoms with Crippen LogP contribution in [0.4, 0.5) is 5.69 Å². The number of carbonyl (C=O) groups is 1. The summed E-state index contributed by atoms with van der Waals surface area (Å²) in [5.41, 5.74) is 2.16. The normalized spacial score (nSPS) is 10.9. The van der Waals surface area contributed by atoms with E-state index in [-0.39, 0.29) is 5.91 Å². The lowest BCUT2D eigenvalue weighted by Crippen LogP contribution is -2.24. The summed E-state index contributed by atoms with van der Waals surface area (Å²) >= 11 is 6.79. The van der Waals surface area contributed by atoms with Gasteiger partial charge in [-0.1, -0.05) is 12.1 Å². The van der Waals surface area contributed by atoms with E-state index >= 15 is 0 Å². The molecule has 0 aliphatic rings. The van der Waals surface area contributed by atoms with Crippen LogP contribution in [0.2, 0.25) is 0 Å². The minimum atomic E-state index is 0.0554. The molecule has 0 unspecified atom stereocenters. The van der Waals surface area contributed by atoms with Gasteiger partial charge in [-0.05, 0) is 58.4 Å². The van der Waals surface area contributed by atoms with Gasteiger partial charge in [-0.3, -0.25) is 4.79 Å². The van der Waals surface area contributed by atoms with Crippen molar-refractivity contribution >= 4 is 50.6 Å². The second-order valence-electron chi connectivity index (χ2n) is 5.00. The Bertz CT molecular complexity index is 630. The molecule has 0 atom stereocenters. The number of para-hydroxylation sites is 1. The number of nitrogens with one attached hydrogen (secondary N) is 1. The Labute approximate surface area is 148 Å². The predicted molar refractivity (Wildman–Crippen MR) is 99.8 cm³/mol. The first-order valence-corrected chi connectivity index (χ1v) is 9.82. The maximum Gasteiger partial charge on any atom is 0.225 e. The maximum absolute atomic E-state index is 12.1. The van der Waals surface area contributed by atoms with Gasteiger partial charge in [0.05, 0.1) is 9.47 Å². The van der Waals surface area contributed by atoms with Crippen molar-refractivity contribution in [3.63, 3.8) is 0 Å². The lowest BCUT2D eigenvalue weighted by molar-refractivity contribution is -0.116. The number of nitrogens with zero attached hydrogens (tertiary/aromatic N) is 1. The van der Waals surface area contributed by atoms with Crippen LogP contribution in [0.15, 0.2) is 44.4 Å². The molecule has 0 fully saturated rings. The van der Waals surface area contributed by atoms with Crippen molar-refractivity contribution in [2.75, 3.05) is 25.2 Å². The molecular formula is C16H19BrN2OS2. The van der Waals surface area contributed by atoms with Crippen LogP contribution in [-0.4, -0.2) is 30.7 Å². The standard InChI is InChI=1S/C16H19BrN2OS2/c1-19(10-12-9-15(17)22-11-12)8-7-16(20)18-13-5-3-4-6-14(13)21-2/h3-6,9,11H,7-8,10H2,1-2H3,(H,18,20). The fourth-order valence-corrected chi connectivity index (χ4v) is 3.83. The molecule has 1 N–H and O–H groups in total. The molecule has 3 nitrogen and oxygen atoms in total. The van der Waals surface area contributed by atoms with Crippen molar-refractivity contribution in [2.24, 2.45) is 0 Å². The van der Waals surface area contributed by atoms with Crippen LogP contribution < -0.4 is 5.32 Å². The van der Waals surface area contributed by atoms with Gasteiger partial charge in [-0.15, -0.1) is 23.1 Å². The highest BCUT2D eigenvalue weighted by molar-refractivity contribution is 9.11. The zero-order valence-corrected chi connectivity index (χ0v) is 15.9. The summed E-state index contributed by atoms with van der Waals surface area (Å²) in [5.74, 6) is 0.0554. The van der Waals surface area contributed by atoms with E-state index in [1.54, 1.807) is 23.1 Å². The largest absolute Gasteiger partial charge is 0.325 e. The molecule has 0 aliphatic carbocycles. The number of rotatable bonds is 7. The van der Waals surface area contributed by atoms with Gasteiger partial charge in [-0.25, -0.2) is 0 Å². The van der Waals surface area contributed by atoms with Crippen LogP contribution in [0.5, 0.6) is 0 Å². The van der Waals surface area contributed by atoms with E-state index < -0.39 is 0 Å². The number of hydrogen-bond donors (Lipinski definition) is 1. The second-order valence-corrected chi connectivity index (χ2v) is 8.13. The summed E-state index contributed by atoms with van der Waals surface area (Å²) in [5, 5.41) is 5.13. The van der Waals surface area contributed by atoms with Crippen LogP contribution >= 0.6 is 39.0 Å². The number of anilines is 1. The van der Waals surface area contributed by atoms with Crippen LogP contribution in [0.25, 0.3) is 0 Å². The summed E-state index contributed by atoms with van der Waals surface area (Å²) in [4.78, 5) is 15.3. The van der Waals surface area contributed by atoms with Crippen LogP contribution in [-0.2, 0) is 11.3 Å². The van der Waals surface area contributed by atoms with E-state index in [1.165, 1.54) is 5.56 Å². The number of hydrogen-bond acceptors (Lipinski definition) is 4. The van der Waals surface area contributed by atoms with Gasteiger partial charge in [0.1, 0.15) is 0 Å². The van der Waals surface area contributed by atoms with Gasteiger partial charge < -0.3 is 10.2 Å². The Morgan fingerprint density at radius 1 is 1.41 bits per heavy atom. The zero-order valence-electron chi connectivity index (χ0n) is 12.6. The minimum Gasteiger partial charge on any atom is -0.325 e. The number of carbonyl (C=O) groups excluding carboxylic acids is 1. The van der Waals surface area contributed by atoms with E-state index in [9.17, 15) is 4.79 Å². The van der Waals surface area contributed by atoms with Gasteiger partial charge >= 0.3 is 0 Å². The fourth-order valence-electron chi connectivity index (χ4n) is 2.07. The third-order valence-electron chi connectivity index (χ3n) is 3.18. The molecule has 1 aromatic heterocycles. The molecule has 1 amide bonds. The molecule has 22 heavy (non-hydrogen) atoms. The smallest absolute Gasteiger partial charge is 0.225 e. The average Bonchev–Trinajstić information content (AvgIpc) is 2.91. The highest BCUT2D eigenvalue weighted by Gasteiger charge is 2.08. The van der Waals surface area contributed by atoms with Gasteiger partial charge in [0.2, 0.25) is 5.91 Å². The maximum atomic E-state index is 12.1. The van der Waals surface area contributed by atoms with Crippen molar-refractivity contribution in [1.29, 1.82) is 0 Å². The van der Waals surface area contributed by atoms with Crippen molar-refractivity contribution in [1.82, 2.24) is 4.90 Å². The van der Waals surface area contributed by atoms with E-state index in [4.69, 9.17) is 0 Å². The Morgan fingerprint density at radius 2 is 2.18 bits per heavy atom. The van der Waals surface area contributed by atoms with Crippen LogP contribution in [0.1, 0.15) is 12.0 Å². The van der Waals surface area contributed by atoms with E-state index in [0.717, 1.165) is 27.5 Å². The van der Waals surface area contributed by atoms with Crippen molar-refractivity contribution in [3.05, 3.63) is 45.1 Å². The molecule has 0 saturated heterocycles. The topological polar surface area (TPSA) is 32.3 Å². The monoisotopic (exact) mass is 398 g/mol. The summed E-state index contributed by atoms with van der Waals surface area (Å²) < 4.78 is 1.14. The van der Waals surface area contributed by atoms with Gasteiger partial charge in [-0.2, -0.15) is 0 Å². The predicted octanol–water partition coefficient (Wildman–Crippen LogP) is 4.69. The van der Waals surface area contributed by atoms with Crippen LogP contribution in [0.3, 0.4) is 0 Å². The zero-order chi connectivity index (χ0) is 15.9. The molecule has 0 bridgehead atoms. The van der Waals surface area contributed by atoms with Gasteiger partial charge in [0.15, 0.2) is 0 Å². The number of thiophene rings is 1. The highest BCUT2D eigenvalue weighted by Crippen LogP contribution is 2.24. The third-order valence-corrected chi connectivity index (χ3v) is 5.52. The van der Waals surface area contributed by atoms with E-state index in [2.05, 4.69) is 37.6 Å². The molecule has 2 rings (SSSR count). The summed E-state index contributed by atoms with van der Waals surface area (Å²) in [6.07, 6.45) is 2.50. The molecule has 0 aliphatic heterocycles. The Hall–Kier alpha value is -0.820. The molecule has 118 valence electrons. The molecule has 0 spiro atoms. The Kier molecular flexibility index (Phi) is 6.95.